The third-order valence-corrected chi connectivity index (χ3v) is 7.77. The molecule has 178 valence electrons. The second-order valence-electron chi connectivity index (χ2n) is 9.47. The van der Waals surface area contributed by atoms with Crippen LogP contribution >= 0.6 is 11.3 Å². The number of imidazole rings is 1. The first-order valence-corrected chi connectivity index (χ1v) is 13.3. The van der Waals surface area contributed by atoms with E-state index in [4.69, 9.17) is 9.97 Å². The molecule has 7 nitrogen and oxygen atoms in total. The van der Waals surface area contributed by atoms with E-state index in [1.54, 1.807) is 11.3 Å². The number of para-hydroxylation sites is 1. The minimum Gasteiger partial charge on any atom is -0.337 e. The number of rotatable bonds is 5. The lowest BCUT2D eigenvalue weighted by Crippen LogP contribution is -2.28. The largest absolute Gasteiger partial charge is 0.337 e. The highest BCUT2D eigenvalue weighted by atomic mass is 32.1. The van der Waals surface area contributed by atoms with Crippen LogP contribution in [-0.2, 0) is 6.42 Å². The van der Waals surface area contributed by atoms with E-state index in [2.05, 4.69) is 72.6 Å². The highest BCUT2D eigenvalue weighted by Crippen LogP contribution is 2.33. The minimum absolute atomic E-state index is 0.714. The zero-order valence-corrected chi connectivity index (χ0v) is 20.5. The zero-order valence-electron chi connectivity index (χ0n) is 19.7. The first-order valence-electron chi connectivity index (χ1n) is 12.3. The molecule has 0 aliphatic carbocycles. The van der Waals surface area contributed by atoms with Crippen molar-refractivity contribution in [3.63, 3.8) is 0 Å². The molecule has 0 amide bonds. The van der Waals surface area contributed by atoms with Gasteiger partial charge in [-0.3, -0.25) is 15.1 Å². The Bertz CT molecular complexity index is 1660. The van der Waals surface area contributed by atoms with E-state index in [0.29, 0.717) is 5.92 Å². The molecule has 6 aromatic rings. The number of pyridine rings is 2. The Balaban J connectivity index is 1.26. The molecular formula is C28H25N7S. The molecule has 0 saturated carbocycles. The summed E-state index contributed by atoms with van der Waals surface area (Å²) in [6, 6.07) is 12.7. The number of nitrogens with one attached hydrogen (secondary N) is 3. The van der Waals surface area contributed by atoms with Gasteiger partial charge in [-0.25, -0.2) is 4.98 Å². The number of piperidine rings is 1. The molecule has 1 fully saturated rings. The number of aromatic amines is 2. The third kappa shape index (κ3) is 3.88. The third-order valence-electron chi connectivity index (χ3n) is 7.09. The maximum atomic E-state index is 4.97. The van der Waals surface area contributed by atoms with Crippen LogP contribution in [-0.4, -0.2) is 43.2 Å². The van der Waals surface area contributed by atoms with Crippen LogP contribution in [0.15, 0.2) is 65.7 Å². The quantitative estimate of drug-likeness (QED) is 0.282. The molecule has 0 bridgehead atoms. The predicted octanol–water partition coefficient (Wildman–Crippen LogP) is 5.83. The topological polar surface area (TPSA) is 95.2 Å². The Morgan fingerprint density at radius 3 is 2.81 bits per heavy atom. The summed E-state index contributed by atoms with van der Waals surface area (Å²) < 4.78 is 0. The summed E-state index contributed by atoms with van der Waals surface area (Å²) in [7, 11) is 0. The highest BCUT2D eigenvalue weighted by Gasteiger charge is 2.17. The number of benzene rings is 1. The second-order valence-corrected chi connectivity index (χ2v) is 10.2. The van der Waals surface area contributed by atoms with Gasteiger partial charge in [-0.15, -0.1) is 0 Å². The van der Waals surface area contributed by atoms with Gasteiger partial charge in [0.2, 0.25) is 0 Å². The summed E-state index contributed by atoms with van der Waals surface area (Å²) in [5.74, 6) is 1.46. The molecule has 0 unspecified atom stereocenters. The van der Waals surface area contributed by atoms with Crippen LogP contribution in [0.2, 0.25) is 0 Å². The fourth-order valence-electron chi connectivity index (χ4n) is 5.21. The normalized spacial score (nSPS) is 14.7. The Morgan fingerprint density at radius 1 is 0.972 bits per heavy atom. The molecule has 1 saturated heterocycles. The van der Waals surface area contributed by atoms with Crippen LogP contribution < -0.4 is 5.32 Å². The number of fused-ring (bicyclic) bond motifs is 2. The van der Waals surface area contributed by atoms with Crippen LogP contribution in [0.25, 0.3) is 55.8 Å². The fraction of sp³-hybridized carbons (Fsp3) is 0.214. The first kappa shape index (κ1) is 21.4. The number of hydrogen-bond acceptors (Lipinski definition) is 6. The summed E-state index contributed by atoms with van der Waals surface area (Å²) in [6.45, 7) is 2.21. The Labute approximate surface area is 212 Å². The molecule has 1 aliphatic heterocycles. The van der Waals surface area contributed by atoms with E-state index >= 15 is 0 Å². The van der Waals surface area contributed by atoms with Crippen molar-refractivity contribution in [1.82, 2.24) is 35.5 Å². The summed E-state index contributed by atoms with van der Waals surface area (Å²) >= 11 is 1.69. The van der Waals surface area contributed by atoms with Gasteiger partial charge in [-0.1, -0.05) is 12.1 Å². The number of thiophene rings is 1. The molecule has 6 heterocycles. The number of nitrogens with zero attached hydrogens (tertiary/aromatic N) is 4. The average molecular weight is 492 g/mol. The number of H-pyrrole nitrogens is 2. The van der Waals surface area contributed by atoms with Gasteiger partial charge in [0.1, 0.15) is 5.69 Å². The summed E-state index contributed by atoms with van der Waals surface area (Å²) in [4.78, 5) is 17.7. The van der Waals surface area contributed by atoms with Gasteiger partial charge in [0.25, 0.3) is 0 Å². The second kappa shape index (κ2) is 8.96. The highest BCUT2D eigenvalue weighted by molar-refractivity contribution is 7.08. The van der Waals surface area contributed by atoms with E-state index in [-0.39, 0.29) is 0 Å². The van der Waals surface area contributed by atoms with Crippen molar-refractivity contribution in [3.05, 3.63) is 71.3 Å². The van der Waals surface area contributed by atoms with Crippen molar-refractivity contribution in [2.75, 3.05) is 13.1 Å². The summed E-state index contributed by atoms with van der Waals surface area (Å²) in [6.07, 6.45) is 9.24. The lowest BCUT2D eigenvalue weighted by atomic mass is 9.91. The molecule has 0 atom stereocenters. The van der Waals surface area contributed by atoms with Gasteiger partial charge in [0.05, 0.1) is 28.4 Å². The summed E-state index contributed by atoms with van der Waals surface area (Å²) in [5, 5.41) is 16.4. The molecule has 1 aromatic carbocycles. The van der Waals surface area contributed by atoms with Gasteiger partial charge < -0.3 is 10.3 Å². The smallest absolute Gasteiger partial charge is 0.159 e. The van der Waals surface area contributed by atoms with Gasteiger partial charge in [-0.2, -0.15) is 16.4 Å². The molecule has 3 N–H and O–H groups in total. The van der Waals surface area contributed by atoms with Crippen molar-refractivity contribution in [3.8, 4) is 33.9 Å². The molecule has 0 radical (unpaired) electrons. The van der Waals surface area contributed by atoms with Crippen molar-refractivity contribution in [2.45, 2.75) is 19.3 Å². The summed E-state index contributed by atoms with van der Waals surface area (Å²) in [5.41, 5.74) is 9.10. The van der Waals surface area contributed by atoms with Crippen molar-refractivity contribution >= 4 is 33.3 Å². The Morgan fingerprint density at radius 2 is 1.92 bits per heavy atom. The maximum absolute atomic E-state index is 4.97. The monoisotopic (exact) mass is 491 g/mol. The van der Waals surface area contributed by atoms with E-state index in [1.165, 1.54) is 24.0 Å². The van der Waals surface area contributed by atoms with Crippen molar-refractivity contribution in [2.24, 2.45) is 5.92 Å². The lowest BCUT2D eigenvalue weighted by Gasteiger charge is -2.22. The molecule has 5 aromatic heterocycles. The van der Waals surface area contributed by atoms with E-state index in [1.807, 2.05) is 18.6 Å². The number of hydrogen-bond donors (Lipinski definition) is 3. The van der Waals surface area contributed by atoms with Crippen LogP contribution in [0, 0.1) is 5.92 Å². The van der Waals surface area contributed by atoms with Gasteiger partial charge in [-0.05, 0) is 84.4 Å². The van der Waals surface area contributed by atoms with E-state index < -0.39 is 0 Å². The molecule has 8 heteroatoms. The lowest BCUT2D eigenvalue weighted by molar-refractivity contribution is 0.372. The average Bonchev–Trinajstić information content (AvgIpc) is 3.68. The van der Waals surface area contributed by atoms with Crippen LogP contribution in [0.3, 0.4) is 0 Å². The van der Waals surface area contributed by atoms with E-state index in [0.717, 1.165) is 69.8 Å². The minimum atomic E-state index is 0.714. The molecule has 1 aliphatic rings. The van der Waals surface area contributed by atoms with E-state index in [9.17, 15) is 0 Å². The SMILES string of the molecule is c1cc(-c2ccsc2)c2nc(-c3n[nH]c4cnc(-c5cncc(CC6CCNCC6)c5)cc34)[nH]c2c1. The first-order chi connectivity index (χ1) is 17.8. The fourth-order valence-corrected chi connectivity index (χ4v) is 5.86. The van der Waals surface area contributed by atoms with Crippen molar-refractivity contribution in [1.29, 1.82) is 0 Å². The predicted molar refractivity (Wildman–Crippen MR) is 145 cm³/mol. The van der Waals surface area contributed by atoms with Gasteiger partial charge in [0.15, 0.2) is 5.82 Å². The Kier molecular flexibility index (Phi) is 5.33. The van der Waals surface area contributed by atoms with Crippen LogP contribution in [0.4, 0.5) is 0 Å². The molecule has 7 rings (SSSR count). The maximum Gasteiger partial charge on any atom is 0.159 e. The molecular weight excluding hydrogens is 466 g/mol. The zero-order chi connectivity index (χ0) is 23.9. The van der Waals surface area contributed by atoms with Crippen LogP contribution in [0.5, 0.6) is 0 Å². The molecule has 36 heavy (non-hydrogen) atoms. The van der Waals surface area contributed by atoms with Gasteiger partial charge >= 0.3 is 0 Å². The Hall–Kier alpha value is -3.88. The van der Waals surface area contributed by atoms with Crippen molar-refractivity contribution < 1.29 is 0 Å². The standard InChI is InChI=1S/C28H25N7S/c1-2-21(19-6-9-36-16-19)26-23(3-1)32-28(33-26)27-22-12-24(31-15-25(22)34-35-27)20-11-18(13-30-14-20)10-17-4-7-29-8-5-17/h1-3,6,9,11-17,29H,4-5,7-8,10H2,(H,32,33)(H,34,35). The van der Waals surface area contributed by atoms with Crippen LogP contribution in [0.1, 0.15) is 18.4 Å². The number of aromatic nitrogens is 6. The van der Waals surface area contributed by atoms with Gasteiger partial charge in [0, 0.05) is 28.9 Å². The molecule has 0 spiro atoms.